The molecule has 0 nitrogen and oxygen atoms in total. The lowest BCUT2D eigenvalue weighted by atomic mass is 9.85. The van der Waals surface area contributed by atoms with Crippen LogP contribution in [0.25, 0.3) is 0 Å². The van der Waals surface area contributed by atoms with Gasteiger partial charge in [-0.05, 0) is 63.2 Å². The molecule has 2 rings (SSSR count). The lowest BCUT2D eigenvalue weighted by Crippen LogP contribution is -2.11. The third-order valence-corrected chi connectivity index (χ3v) is 4.66. The Kier molecular flexibility index (Phi) is 2.79. The van der Waals surface area contributed by atoms with Crippen LogP contribution in [0.4, 0.5) is 0 Å². The molecule has 2 fully saturated rings. The summed E-state index contributed by atoms with van der Waals surface area (Å²) in [4.78, 5) is 0. The molecule has 0 spiro atoms. The van der Waals surface area contributed by atoms with Crippen LogP contribution in [0.5, 0.6) is 0 Å². The van der Waals surface area contributed by atoms with Crippen LogP contribution in [-0.4, -0.2) is 0 Å². The first kappa shape index (κ1) is 11.0. The standard InChI is InChI=1S/C15H24/c1-11(2)6-5-7-13(4)15-9-8-12(3)14(15)10-15/h6,13-14H,3,5,7-10H2,1-2,4H3/t13-,14-,15-/m0/s1. The Morgan fingerprint density at radius 3 is 2.80 bits per heavy atom. The van der Waals surface area contributed by atoms with E-state index < -0.39 is 0 Å². The molecule has 0 aliphatic heterocycles. The van der Waals surface area contributed by atoms with E-state index in [0.717, 1.165) is 11.8 Å². The van der Waals surface area contributed by atoms with E-state index in [0.29, 0.717) is 5.41 Å². The molecule has 15 heavy (non-hydrogen) atoms. The molecule has 0 radical (unpaired) electrons. The second-order valence-corrected chi connectivity index (χ2v) is 5.91. The van der Waals surface area contributed by atoms with E-state index in [1.54, 1.807) is 5.57 Å². The third kappa shape index (κ3) is 1.91. The van der Waals surface area contributed by atoms with Crippen molar-refractivity contribution in [1.29, 1.82) is 0 Å². The normalized spacial score (nSPS) is 34.9. The second-order valence-electron chi connectivity index (χ2n) is 5.91. The van der Waals surface area contributed by atoms with Crippen LogP contribution < -0.4 is 0 Å². The molecule has 0 aromatic carbocycles. The van der Waals surface area contributed by atoms with Crippen molar-refractivity contribution in [3.05, 3.63) is 23.8 Å². The van der Waals surface area contributed by atoms with Gasteiger partial charge in [0.15, 0.2) is 0 Å². The summed E-state index contributed by atoms with van der Waals surface area (Å²) in [6, 6.07) is 0. The minimum absolute atomic E-state index is 0.701. The largest absolute Gasteiger partial charge is 0.0996 e. The molecular weight excluding hydrogens is 180 g/mol. The van der Waals surface area contributed by atoms with Crippen molar-refractivity contribution in [3.63, 3.8) is 0 Å². The molecule has 84 valence electrons. The molecule has 2 saturated carbocycles. The summed E-state index contributed by atoms with van der Waals surface area (Å²) in [7, 11) is 0. The Hall–Kier alpha value is -0.520. The van der Waals surface area contributed by atoms with Gasteiger partial charge in [-0.15, -0.1) is 0 Å². The fraction of sp³-hybridized carbons (Fsp3) is 0.733. The van der Waals surface area contributed by atoms with Gasteiger partial charge in [0.05, 0.1) is 0 Å². The Labute approximate surface area is 94.5 Å². The quantitative estimate of drug-likeness (QED) is 0.581. The summed E-state index contributed by atoms with van der Waals surface area (Å²) in [6.45, 7) is 11.0. The van der Waals surface area contributed by atoms with Crippen LogP contribution in [0.2, 0.25) is 0 Å². The molecule has 0 heterocycles. The van der Waals surface area contributed by atoms with Gasteiger partial charge in [0, 0.05) is 0 Å². The zero-order valence-electron chi connectivity index (χ0n) is 10.5. The fourth-order valence-corrected chi connectivity index (χ4v) is 3.42. The van der Waals surface area contributed by atoms with Gasteiger partial charge < -0.3 is 0 Å². The minimum Gasteiger partial charge on any atom is -0.0996 e. The van der Waals surface area contributed by atoms with Crippen LogP contribution in [0.3, 0.4) is 0 Å². The maximum atomic E-state index is 4.20. The fourth-order valence-electron chi connectivity index (χ4n) is 3.42. The second kappa shape index (κ2) is 3.81. The topological polar surface area (TPSA) is 0 Å². The zero-order chi connectivity index (χ0) is 11.1. The minimum atomic E-state index is 0.701. The summed E-state index contributed by atoms with van der Waals surface area (Å²) in [5.41, 5.74) is 3.71. The molecule has 0 bridgehead atoms. The van der Waals surface area contributed by atoms with Crippen molar-refractivity contribution in [2.45, 2.75) is 52.9 Å². The van der Waals surface area contributed by atoms with E-state index in [-0.39, 0.29) is 0 Å². The molecule has 0 aromatic heterocycles. The first-order chi connectivity index (χ1) is 7.06. The summed E-state index contributed by atoms with van der Waals surface area (Å²) in [6.07, 6.45) is 9.19. The monoisotopic (exact) mass is 204 g/mol. The average molecular weight is 204 g/mol. The third-order valence-electron chi connectivity index (χ3n) is 4.66. The van der Waals surface area contributed by atoms with Gasteiger partial charge in [0.1, 0.15) is 0 Å². The first-order valence-corrected chi connectivity index (χ1v) is 6.37. The molecule has 2 aliphatic rings. The SMILES string of the molecule is C=C1CC[C@@]2([C@@H](C)CCC=C(C)C)C[C@@H]12. The molecular formula is C15H24. The van der Waals surface area contributed by atoms with E-state index in [2.05, 4.69) is 33.4 Å². The van der Waals surface area contributed by atoms with Crippen molar-refractivity contribution in [3.8, 4) is 0 Å². The molecule has 0 aromatic rings. The lowest BCUT2D eigenvalue weighted by molar-refractivity contribution is 0.302. The predicted octanol–water partition coefficient (Wildman–Crippen LogP) is 4.73. The van der Waals surface area contributed by atoms with Crippen molar-refractivity contribution in [2.75, 3.05) is 0 Å². The van der Waals surface area contributed by atoms with Crippen LogP contribution in [0.1, 0.15) is 52.9 Å². The van der Waals surface area contributed by atoms with Gasteiger partial charge in [-0.1, -0.05) is 30.7 Å². The van der Waals surface area contributed by atoms with Crippen LogP contribution >= 0.6 is 0 Å². The molecule has 0 saturated heterocycles. The summed E-state index contributed by atoms with van der Waals surface area (Å²) < 4.78 is 0. The number of hydrogen-bond donors (Lipinski definition) is 0. The molecule has 3 atom stereocenters. The lowest BCUT2D eigenvalue weighted by Gasteiger charge is -2.20. The Balaban J connectivity index is 1.85. The highest BCUT2D eigenvalue weighted by Gasteiger charge is 2.60. The van der Waals surface area contributed by atoms with E-state index in [4.69, 9.17) is 0 Å². The van der Waals surface area contributed by atoms with E-state index in [1.807, 2.05) is 0 Å². The van der Waals surface area contributed by atoms with Gasteiger partial charge >= 0.3 is 0 Å². The Morgan fingerprint density at radius 2 is 2.33 bits per heavy atom. The van der Waals surface area contributed by atoms with Crippen LogP contribution in [-0.2, 0) is 0 Å². The number of hydrogen-bond acceptors (Lipinski definition) is 0. The zero-order valence-corrected chi connectivity index (χ0v) is 10.5. The maximum Gasteiger partial charge on any atom is -0.0141 e. The highest BCUT2D eigenvalue weighted by atomic mass is 14.6. The summed E-state index contributed by atoms with van der Waals surface area (Å²) in [5, 5.41) is 0. The Bertz CT molecular complexity index is 293. The molecule has 0 heteroatoms. The van der Waals surface area contributed by atoms with Gasteiger partial charge in [-0.3, -0.25) is 0 Å². The number of fused-ring (bicyclic) bond motifs is 1. The molecule has 0 unspecified atom stereocenters. The maximum absolute atomic E-state index is 4.20. The number of rotatable bonds is 4. The summed E-state index contributed by atoms with van der Waals surface area (Å²) >= 11 is 0. The first-order valence-electron chi connectivity index (χ1n) is 6.37. The molecule has 2 aliphatic carbocycles. The van der Waals surface area contributed by atoms with E-state index >= 15 is 0 Å². The molecule has 0 amide bonds. The van der Waals surface area contributed by atoms with Crippen molar-refractivity contribution >= 4 is 0 Å². The smallest absolute Gasteiger partial charge is 0.0141 e. The highest BCUT2D eigenvalue weighted by Crippen LogP contribution is 2.69. The van der Waals surface area contributed by atoms with Crippen LogP contribution in [0, 0.1) is 17.3 Å². The van der Waals surface area contributed by atoms with E-state index in [1.165, 1.54) is 37.7 Å². The van der Waals surface area contributed by atoms with Gasteiger partial charge in [-0.2, -0.15) is 0 Å². The van der Waals surface area contributed by atoms with Gasteiger partial charge in [0.25, 0.3) is 0 Å². The molecule has 0 N–H and O–H groups in total. The van der Waals surface area contributed by atoms with E-state index in [9.17, 15) is 0 Å². The predicted molar refractivity (Wildman–Crippen MR) is 66.7 cm³/mol. The Morgan fingerprint density at radius 1 is 1.60 bits per heavy atom. The van der Waals surface area contributed by atoms with Crippen LogP contribution in [0.15, 0.2) is 23.8 Å². The summed E-state index contributed by atoms with van der Waals surface area (Å²) in [5.74, 6) is 1.80. The highest BCUT2D eigenvalue weighted by molar-refractivity contribution is 5.26. The van der Waals surface area contributed by atoms with Crippen molar-refractivity contribution in [1.82, 2.24) is 0 Å². The van der Waals surface area contributed by atoms with Crippen molar-refractivity contribution in [2.24, 2.45) is 17.3 Å². The average Bonchev–Trinajstić information content (AvgIpc) is 2.82. The van der Waals surface area contributed by atoms with Crippen molar-refractivity contribution < 1.29 is 0 Å². The van der Waals surface area contributed by atoms with Gasteiger partial charge in [-0.25, -0.2) is 0 Å². The van der Waals surface area contributed by atoms with Gasteiger partial charge in [0.2, 0.25) is 0 Å². The number of allylic oxidation sites excluding steroid dienone is 3.